The number of amides is 1. The van der Waals surface area contributed by atoms with Gasteiger partial charge in [-0.25, -0.2) is 9.59 Å². The zero-order chi connectivity index (χ0) is 21.8. The van der Waals surface area contributed by atoms with Crippen LogP contribution in [0.5, 0.6) is 0 Å². The zero-order valence-electron chi connectivity index (χ0n) is 16.6. The quantitative estimate of drug-likeness (QED) is 0.635. The minimum Gasteiger partial charge on any atom is -0.480 e. The van der Waals surface area contributed by atoms with Crippen LogP contribution in [0.4, 0.5) is 4.79 Å². The van der Waals surface area contributed by atoms with Gasteiger partial charge in [0.05, 0.1) is 11.6 Å². The van der Waals surface area contributed by atoms with Crippen LogP contribution in [0.3, 0.4) is 0 Å². The van der Waals surface area contributed by atoms with Gasteiger partial charge in [-0.1, -0.05) is 60.7 Å². The summed E-state index contributed by atoms with van der Waals surface area (Å²) in [6.45, 7) is 0.114. The lowest BCUT2D eigenvalue weighted by molar-refractivity contribution is -0.139. The smallest absolute Gasteiger partial charge is 0.407 e. The number of nitrogens with one attached hydrogen (secondary N) is 1. The van der Waals surface area contributed by atoms with Gasteiger partial charge >= 0.3 is 12.1 Å². The largest absolute Gasteiger partial charge is 0.480 e. The van der Waals surface area contributed by atoms with E-state index < -0.39 is 18.1 Å². The number of hydrogen-bond donors (Lipinski definition) is 2. The third-order valence-electron chi connectivity index (χ3n) is 5.46. The van der Waals surface area contributed by atoms with Crippen LogP contribution in [-0.4, -0.2) is 29.8 Å². The molecular formula is C25H20N2O4. The highest BCUT2D eigenvalue weighted by atomic mass is 16.5. The minimum absolute atomic E-state index is 0.0885. The van der Waals surface area contributed by atoms with Gasteiger partial charge in [-0.15, -0.1) is 0 Å². The Balaban J connectivity index is 1.42. The normalized spacial score (nSPS) is 12.9. The third kappa shape index (κ3) is 4.26. The number of carbonyl (C=O) groups excluding carboxylic acids is 1. The van der Waals surface area contributed by atoms with Gasteiger partial charge in [-0.3, -0.25) is 0 Å². The van der Waals surface area contributed by atoms with Gasteiger partial charge in [0.15, 0.2) is 0 Å². The van der Waals surface area contributed by atoms with E-state index in [0.29, 0.717) is 11.1 Å². The molecule has 4 rings (SSSR count). The van der Waals surface area contributed by atoms with Gasteiger partial charge in [-0.05, 0) is 39.9 Å². The van der Waals surface area contributed by atoms with E-state index >= 15 is 0 Å². The number of rotatable bonds is 6. The van der Waals surface area contributed by atoms with Crippen LogP contribution in [0.15, 0.2) is 72.8 Å². The number of nitriles is 1. The van der Waals surface area contributed by atoms with E-state index in [9.17, 15) is 14.7 Å². The van der Waals surface area contributed by atoms with E-state index in [0.717, 1.165) is 22.3 Å². The van der Waals surface area contributed by atoms with Crippen LogP contribution >= 0.6 is 0 Å². The van der Waals surface area contributed by atoms with E-state index in [4.69, 9.17) is 10.00 Å². The molecule has 0 spiro atoms. The second-order valence-corrected chi connectivity index (χ2v) is 7.37. The summed E-state index contributed by atoms with van der Waals surface area (Å²) in [5.41, 5.74) is 5.60. The Kier molecular flexibility index (Phi) is 5.67. The van der Waals surface area contributed by atoms with Gasteiger partial charge in [0.1, 0.15) is 12.6 Å². The lowest BCUT2D eigenvalue weighted by Crippen LogP contribution is -2.42. The molecule has 1 atom stereocenters. The van der Waals surface area contributed by atoms with E-state index in [2.05, 4.69) is 5.32 Å². The van der Waals surface area contributed by atoms with Crippen molar-refractivity contribution >= 4 is 12.1 Å². The van der Waals surface area contributed by atoms with Crippen LogP contribution in [0.2, 0.25) is 0 Å². The number of carboxylic acids is 1. The maximum Gasteiger partial charge on any atom is 0.407 e. The Hall–Kier alpha value is -4.11. The molecule has 0 heterocycles. The first-order valence-electron chi connectivity index (χ1n) is 9.90. The van der Waals surface area contributed by atoms with E-state index in [1.807, 2.05) is 54.6 Å². The molecule has 0 radical (unpaired) electrons. The molecule has 0 aromatic heterocycles. The average molecular weight is 412 g/mol. The highest BCUT2D eigenvalue weighted by Crippen LogP contribution is 2.44. The van der Waals surface area contributed by atoms with Crippen molar-refractivity contribution < 1.29 is 19.4 Å². The first kappa shape index (κ1) is 20.2. The first-order valence-corrected chi connectivity index (χ1v) is 9.90. The van der Waals surface area contributed by atoms with E-state index in [-0.39, 0.29) is 18.9 Å². The molecule has 1 unspecified atom stereocenters. The molecule has 154 valence electrons. The fraction of sp³-hybridized carbons (Fsp3) is 0.160. The van der Waals surface area contributed by atoms with Gasteiger partial charge in [0.25, 0.3) is 0 Å². The van der Waals surface area contributed by atoms with Crippen LogP contribution < -0.4 is 5.32 Å². The lowest BCUT2D eigenvalue weighted by atomic mass is 9.98. The molecule has 31 heavy (non-hydrogen) atoms. The van der Waals surface area contributed by atoms with E-state index in [1.54, 1.807) is 24.3 Å². The highest BCUT2D eigenvalue weighted by Gasteiger charge is 2.29. The molecular weight excluding hydrogens is 392 g/mol. The number of carbonyl (C=O) groups is 2. The summed E-state index contributed by atoms with van der Waals surface area (Å²) in [7, 11) is 0. The lowest BCUT2D eigenvalue weighted by Gasteiger charge is -2.17. The number of alkyl carbamates (subject to hydrolysis) is 1. The van der Waals surface area contributed by atoms with Gasteiger partial charge in [0.2, 0.25) is 0 Å². The Morgan fingerprint density at radius 1 is 0.968 bits per heavy atom. The molecule has 6 nitrogen and oxygen atoms in total. The highest BCUT2D eigenvalue weighted by molar-refractivity contribution is 5.81. The average Bonchev–Trinajstić information content (AvgIpc) is 3.11. The third-order valence-corrected chi connectivity index (χ3v) is 5.46. The first-order chi connectivity index (χ1) is 15.1. The summed E-state index contributed by atoms with van der Waals surface area (Å²) in [4.78, 5) is 24.0. The molecule has 3 aromatic rings. The zero-order valence-corrected chi connectivity index (χ0v) is 16.6. The molecule has 0 bridgehead atoms. The maximum absolute atomic E-state index is 12.4. The fourth-order valence-corrected chi connectivity index (χ4v) is 3.93. The molecule has 0 aliphatic heterocycles. The summed E-state index contributed by atoms with van der Waals surface area (Å²) in [5, 5.41) is 20.8. The number of aliphatic carboxylic acids is 1. The number of hydrogen-bond acceptors (Lipinski definition) is 4. The molecule has 0 saturated carbocycles. The molecule has 0 fully saturated rings. The van der Waals surface area contributed by atoms with Crippen molar-refractivity contribution in [2.75, 3.05) is 6.61 Å². The van der Waals surface area contributed by atoms with Crippen molar-refractivity contribution in [3.63, 3.8) is 0 Å². The summed E-state index contributed by atoms with van der Waals surface area (Å²) in [6.07, 6.45) is -0.687. The molecule has 6 heteroatoms. The predicted molar refractivity (Wildman–Crippen MR) is 114 cm³/mol. The summed E-state index contributed by atoms with van der Waals surface area (Å²) in [6, 6.07) is 23.5. The second-order valence-electron chi connectivity index (χ2n) is 7.37. The maximum atomic E-state index is 12.4. The monoisotopic (exact) mass is 412 g/mol. The Bertz CT molecular complexity index is 1120. The molecule has 3 aromatic carbocycles. The van der Waals surface area contributed by atoms with Crippen LogP contribution in [0, 0.1) is 11.3 Å². The van der Waals surface area contributed by atoms with Gasteiger partial charge in [0, 0.05) is 12.3 Å². The van der Waals surface area contributed by atoms with Crippen molar-refractivity contribution in [1.82, 2.24) is 5.32 Å². The van der Waals surface area contributed by atoms with Gasteiger partial charge in [-0.2, -0.15) is 5.26 Å². The predicted octanol–water partition coefficient (Wildman–Crippen LogP) is 4.09. The van der Waals surface area contributed by atoms with Crippen LogP contribution in [0.1, 0.15) is 28.2 Å². The number of benzene rings is 3. The summed E-state index contributed by atoms with van der Waals surface area (Å²) >= 11 is 0. The summed E-state index contributed by atoms with van der Waals surface area (Å²) < 4.78 is 5.44. The SMILES string of the molecule is N#Cc1ccc(CC(NC(=O)OCC2c3ccccc3-c3ccccc32)C(=O)O)cc1. The Morgan fingerprint density at radius 3 is 2.10 bits per heavy atom. The van der Waals surface area contributed by atoms with Crippen molar-refractivity contribution in [3.8, 4) is 17.2 Å². The Morgan fingerprint density at radius 2 is 1.55 bits per heavy atom. The van der Waals surface area contributed by atoms with Crippen molar-refractivity contribution in [2.45, 2.75) is 18.4 Å². The molecule has 1 amide bonds. The summed E-state index contributed by atoms with van der Waals surface area (Å²) in [5.74, 6) is -1.25. The number of fused-ring (bicyclic) bond motifs is 3. The van der Waals surface area contributed by atoms with Crippen LogP contribution in [0.25, 0.3) is 11.1 Å². The topological polar surface area (TPSA) is 99.4 Å². The van der Waals surface area contributed by atoms with Crippen molar-refractivity contribution in [1.29, 1.82) is 5.26 Å². The number of ether oxygens (including phenoxy) is 1. The minimum atomic E-state index is -1.15. The van der Waals surface area contributed by atoms with Crippen molar-refractivity contribution in [2.24, 2.45) is 0 Å². The molecule has 0 saturated heterocycles. The van der Waals surface area contributed by atoms with E-state index in [1.165, 1.54) is 0 Å². The molecule has 2 N–H and O–H groups in total. The molecule has 1 aliphatic rings. The number of carboxylic acid groups (broad SMARTS) is 1. The standard InChI is InChI=1S/C25H20N2O4/c26-14-17-11-9-16(10-12-17)13-23(24(28)29)27-25(30)31-15-22-20-7-3-1-5-18(20)19-6-2-4-8-21(19)22/h1-12,22-23H,13,15H2,(H,27,30)(H,28,29). The van der Waals surface area contributed by atoms with Crippen molar-refractivity contribution in [3.05, 3.63) is 95.1 Å². The molecule has 1 aliphatic carbocycles. The Labute approximate surface area is 179 Å². The second kappa shape index (κ2) is 8.72. The number of nitrogens with zero attached hydrogens (tertiary/aromatic N) is 1. The van der Waals surface area contributed by atoms with Gasteiger partial charge < -0.3 is 15.2 Å². The van der Waals surface area contributed by atoms with Crippen LogP contribution in [-0.2, 0) is 16.0 Å². The fourth-order valence-electron chi connectivity index (χ4n) is 3.93.